The summed E-state index contributed by atoms with van der Waals surface area (Å²) in [7, 11) is 0. The Morgan fingerprint density at radius 1 is 1.21 bits per heavy atom. The third-order valence-electron chi connectivity index (χ3n) is 4.01. The lowest BCUT2D eigenvalue weighted by Crippen LogP contribution is -2.32. The zero-order chi connectivity index (χ0) is 20.9. The average Bonchev–Trinajstić information content (AvgIpc) is 3.41. The third kappa shape index (κ3) is 7.96. The normalized spacial score (nSPS) is 10.8. The molecule has 2 rings (SSSR count). The number of oxazole rings is 1. The maximum atomic E-state index is 12.8. The van der Waals surface area contributed by atoms with Gasteiger partial charge in [0.15, 0.2) is 5.69 Å². The number of carbonyl (C=O) groups excluding carboxylic acids is 2. The van der Waals surface area contributed by atoms with Gasteiger partial charge in [-0.2, -0.15) is 0 Å². The first-order valence-electron chi connectivity index (χ1n) is 9.86. The van der Waals surface area contributed by atoms with Gasteiger partial charge in [0.2, 0.25) is 5.89 Å². The van der Waals surface area contributed by atoms with Crippen LogP contribution in [0.3, 0.4) is 0 Å². The van der Waals surface area contributed by atoms with Crippen molar-refractivity contribution in [1.29, 1.82) is 0 Å². The molecule has 9 heteroatoms. The van der Waals surface area contributed by atoms with Gasteiger partial charge in [-0.3, -0.25) is 9.59 Å². The second-order valence-electron chi connectivity index (χ2n) is 6.19. The minimum Gasteiger partial charge on any atom is -0.446 e. The van der Waals surface area contributed by atoms with E-state index >= 15 is 0 Å². The maximum Gasteiger partial charge on any atom is 0.273 e. The molecular formula is C20H29N3O5S. The third-order valence-corrected chi connectivity index (χ3v) is 4.86. The van der Waals surface area contributed by atoms with Gasteiger partial charge in [-0.1, -0.05) is 6.07 Å². The minimum absolute atomic E-state index is 0.0865. The molecule has 2 aromatic rings. The number of hydrogen-bond acceptors (Lipinski definition) is 7. The summed E-state index contributed by atoms with van der Waals surface area (Å²) in [6, 6.07) is 3.63. The fraction of sp³-hybridized carbons (Fsp3) is 0.550. The second-order valence-corrected chi connectivity index (χ2v) is 7.14. The van der Waals surface area contributed by atoms with E-state index < -0.39 is 0 Å². The maximum absolute atomic E-state index is 12.8. The van der Waals surface area contributed by atoms with Crippen molar-refractivity contribution in [3.8, 4) is 0 Å². The molecule has 0 aliphatic heterocycles. The minimum atomic E-state index is -0.302. The van der Waals surface area contributed by atoms with Crippen LogP contribution in [0, 0.1) is 0 Å². The molecule has 0 saturated heterocycles. The Morgan fingerprint density at radius 2 is 1.97 bits per heavy atom. The van der Waals surface area contributed by atoms with Crippen molar-refractivity contribution in [3.05, 3.63) is 40.2 Å². The van der Waals surface area contributed by atoms with Crippen LogP contribution in [0.15, 0.2) is 28.2 Å². The molecule has 160 valence electrons. The van der Waals surface area contributed by atoms with Crippen LogP contribution >= 0.6 is 11.3 Å². The number of nitrogens with zero attached hydrogens (tertiary/aromatic N) is 2. The van der Waals surface area contributed by atoms with Crippen LogP contribution in [0.2, 0.25) is 0 Å². The first-order valence-corrected chi connectivity index (χ1v) is 10.7. The highest BCUT2D eigenvalue weighted by atomic mass is 32.1. The van der Waals surface area contributed by atoms with Gasteiger partial charge in [-0.05, 0) is 38.1 Å². The molecule has 0 spiro atoms. The van der Waals surface area contributed by atoms with E-state index in [1.807, 2.05) is 25.3 Å². The summed E-state index contributed by atoms with van der Waals surface area (Å²) in [6.45, 7) is 7.55. The first-order chi connectivity index (χ1) is 14.2. The molecule has 0 unspecified atom stereocenters. The largest absolute Gasteiger partial charge is 0.446 e. The lowest BCUT2D eigenvalue weighted by atomic mass is 10.3. The number of carbonyl (C=O) groups is 2. The molecule has 0 aliphatic rings. The van der Waals surface area contributed by atoms with E-state index in [2.05, 4.69) is 10.3 Å². The molecule has 0 atom stereocenters. The molecule has 0 radical (unpaired) electrons. The highest BCUT2D eigenvalue weighted by Crippen LogP contribution is 2.15. The molecule has 2 aromatic heterocycles. The van der Waals surface area contributed by atoms with Gasteiger partial charge in [-0.15, -0.1) is 11.3 Å². The summed E-state index contributed by atoms with van der Waals surface area (Å²) in [4.78, 5) is 31.5. The van der Waals surface area contributed by atoms with Crippen molar-refractivity contribution in [2.45, 2.75) is 33.2 Å². The highest BCUT2D eigenvalue weighted by molar-refractivity contribution is 7.12. The molecule has 29 heavy (non-hydrogen) atoms. The van der Waals surface area contributed by atoms with Crippen molar-refractivity contribution >= 4 is 23.2 Å². The summed E-state index contributed by atoms with van der Waals surface area (Å²) in [6.07, 6.45) is 2.76. The first kappa shape index (κ1) is 23.1. The van der Waals surface area contributed by atoms with Gasteiger partial charge in [0.05, 0.1) is 11.4 Å². The number of rotatable bonds is 14. The van der Waals surface area contributed by atoms with Gasteiger partial charge >= 0.3 is 0 Å². The Hall–Kier alpha value is -2.23. The number of nitrogens with one attached hydrogen (secondary N) is 1. The fourth-order valence-corrected chi connectivity index (χ4v) is 3.26. The summed E-state index contributed by atoms with van der Waals surface area (Å²) < 4.78 is 16.0. The number of hydrogen-bond donors (Lipinski definition) is 1. The monoisotopic (exact) mass is 423 g/mol. The van der Waals surface area contributed by atoms with E-state index in [9.17, 15) is 9.59 Å². The van der Waals surface area contributed by atoms with Crippen molar-refractivity contribution in [3.63, 3.8) is 0 Å². The SMILES string of the molecule is CCOCCCNC(=O)c1coc(CN(CCCOCC)C(=O)c2cccs2)n1. The van der Waals surface area contributed by atoms with Gasteiger partial charge in [-0.25, -0.2) is 4.98 Å². The van der Waals surface area contributed by atoms with Crippen LogP contribution < -0.4 is 5.32 Å². The second kappa shape index (κ2) is 13.1. The Kier molecular flexibility index (Phi) is 10.4. The lowest BCUT2D eigenvalue weighted by molar-refractivity contribution is 0.0700. The van der Waals surface area contributed by atoms with Crippen LogP contribution in [0.5, 0.6) is 0 Å². The summed E-state index contributed by atoms with van der Waals surface area (Å²) >= 11 is 1.39. The lowest BCUT2D eigenvalue weighted by Gasteiger charge is -2.20. The van der Waals surface area contributed by atoms with Crippen molar-refractivity contribution in [2.75, 3.05) is 39.5 Å². The van der Waals surface area contributed by atoms with E-state index in [-0.39, 0.29) is 24.1 Å². The number of ether oxygens (including phenoxy) is 2. The smallest absolute Gasteiger partial charge is 0.273 e. The van der Waals surface area contributed by atoms with Crippen LogP contribution in [-0.4, -0.2) is 61.2 Å². The molecule has 8 nitrogen and oxygen atoms in total. The Balaban J connectivity index is 1.92. The van der Waals surface area contributed by atoms with E-state index in [1.54, 1.807) is 11.0 Å². The zero-order valence-corrected chi connectivity index (χ0v) is 17.8. The van der Waals surface area contributed by atoms with E-state index in [1.165, 1.54) is 17.6 Å². The predicted molar refractivity (Wildman–Crippen MR) is 110 cm³/mol. The number of aromatic nitrogens is 1. The Bertz CT molecular complexity index is 732. The average molecular weight is 424 g/mol. The topological polar surface area (TPSA) is 93.9 Å². The summed E-state index contributed by atoms with van der Waals surface area (Å²) in [5.74, 6) is -0.0635. The molecule has 0 saturated carbocycles. The van der Waals surface area contributed by atoms with E-state index in [4.69, 9.17) is 13.9 Å². The summed E-state index contributed by atoms with van der Waals surface area (Å²) in [5.41, 5.74) is 0.203. The molecule has 0 bridgehead atoms. The molecular weight excluding hydrogens is 394 g/mol. The molecule has 0 fully saturated rings. The predicted octanol–water partition coefficient (Wildman–Crippen LogP) is 2.96. The van der Waals surface area contributed by atoms with Crippen molar-refractivity contribution in [2.24, 2.45) is 0 Å². The fourth-order valence-electron chi connectivity index (χ4n) is 2.57. The van der Waals surface area contributed by atoms with Crippen LogP contribution in [0.4, 0.5) is 0 Å². The van der Waals surface area contributed by atoms with E-state index in [0.717, 1.165) is 6.42 Å². The van der Waals surface area contributed by atoms with Gasteiger partial charge in [0.25, 0.3) is 11.8 Å². The Labute approximate surface area is 175 Å². The molecule has 1 N–H and O–H groups in total. The zero-order valence-electron chi connectivity index (χ0n) is 17.0. The molecule has 2 amide bonds. The summed E-state index contributed by atoms with van der Waals surface area (Å²) in [5, 5.41) is 4.65. The quantitative estimate of drug-likeness (QED) is 0.470. The van der Waals surface area contributed by atoms with Crippen LogP contribution in [-0.2, 0) is 16.0 Å². The molecule has 2 heterocycles. The highest BCUT2D eigenvalue weighted by Gasteiger charge is 2.20. The number of amides is 2. The van der Waals surface area contributed by atoms with E-state index in [0.29, 0.717) is 56.7 Å². The van der Waals surface area contributed by atoms with Crippen molar-refractivity contribution < 1.29 is 23.5 Å². The van der Waals surface area contributed by atoms with Crippen LogP contribution in [0.1, 0.15) is 52.7 Å². The van der Waals surface area contributed by atoms with Gasteiger partial charge in [0.1, 0.15) is 6.26 Å². The molecule has 0 aromatic carbocycles. The van der Waals surface area contributed by atoms with Crippen molar-refractivity contribution in [1.82, 2.24) is 15.2 Å². The van der Waals surface area contributed by atoms with Gasteiger partial charge in [0, 0.05) is 39.5 Å². The van der Waals surface area contributed by atoms with Gasteiger partial charge < -0.3 is 24.1 Å². The standard InChI is InChI=1S/C20H29N3O5S/c1-3-26-11-6-9-21-19(24)16-15-28-18(22-16)14-23(10-7-12-27-4-2)20(25)17-8-5-13-29-17/h5,8,13,15H,3-4,6-7,9-12,14H2,1-2H3,(H,21,24). The molecule has 0 aliphatic carbocycles. The van der Waals surface area contributed by atoms with Crippen LogP contribution in [0.25, 0.3) is 0 Å². The Morgan fingerprint density at radius 3 is 2.66 bits per heavy atom. The number of thiophene rings is 1.